The molecule has 4 nitrogen and oxygen atoms in total. The predicted octanol–water partition coefficient (Wildman–Crippen LogP) is 13.2. The van der Waals surface area contributed by atoms with Crippen LogP contribution in [-0.2, 0) is 5.41 Å². The van der Waals surface area contributed by atoms with Crippen LogP contribution in [0.1, 0.15) is 22.3 Å². The van der Waals surface area contributed by atoms with Gasteiger partial charge in [0, 0.05) is 48.5 Å². The zero-order chi connectivity index (χ0) is 38.0. The summed E-state index contributed by atoms with van der Waals surface area (Å²) in [4.78, 5) is 13.1. The van der Waals surface area contributed by atoms with Gasteiger partial charge in [0.2, 0.25) is 0 Å². The molecular formula is C53H32N4S. The van der Waals surface area contributed by atoms with Crippen LogP contribution in [0.4, 0.5) is 0 Å². The Morgan fingerprint density at radius 3 is 1.81 bits per heavy atom. The van der Waals surface area contributed by atoms with Crippen LogP contribution in [0.2, 0.25) is 0 Å². The first kappa shape index (κ1) is 31.9. The fourth-order valence-corrected chi connectivity index (χ4v) is 11.4. The normalized spacial score (nSPS) is 15.2. The highest BCUT2D eigenvalue weighted by molar-refractivity contribution is 7.99. The molecule has 2 aliphatic heterocycles. The van der Waals surface area contributed by atoms with E-state index in [1.165, 1.54) is 70.3 Å². The van der Waals surface area contributed by atoms with Crippen LogP contribution in [0.3, 0.4) is 0 Å². The van der Waals surface area contributed by atoms with Crippen molar-refractivity contribution in [2.45, 2.75) is 15.2 Å². The van der Waals surface area contributed by atoms with Crippen molar-refractivity contribution in [3.63, 3.8) is 0 Å². The van der Waals surface area contributed by atoms with E-state index in [-0.39, 0.29) is 0 Å². The first-order valence-corrected chi connectivity index (χ1v) is 20.6. The highest BCUT2D eigenvalue weighted by atomic mass is 32.2. The minimum absolute atomic E-state index is 0.594. The maximum Gasteiger partial charge on any atom is 0.162 e. The lowest BCUT2D eigenvalue weighted by atomic mass is 9.62. The molecule has 1 spiro atoms. The molecule has 11 aromatic rings. The Balaban J connectivity index is 1.20. The van der Waals surface area contributed by atoms with Gasteiger partial charge in [-0.3, -0.25) is 4.57 Å². The molecule has 0 amide bonds. The lowest BCUT2D eigenvalue weighted by molar-refractivity contribution is 0.691. The molecule has 1 unspecified atom stereocenters. The molecule has 8 aromatic carbocycles. The van der Waals surface area contributed by atoms with E-state index in [1.807, 2.05) is 17.8 Å². The molecule has 5 heterocycles. The maximum atomic E-state index is 5.43. The van der Waals surface area contributed by atoms with Gasteiger partial charge in [0.15, 0.2) is 5.82 Å². The second-order valence-electron chi connectivity index (χ2n) is 15.3. The Kier molecular flexibility index (Phi) is 6.55. The molecule has 0 saturated heterocycles. The number of aromatic nitrogens is 4. The first-order valence-electron chi connectivity index (χ1n) is 19.8. The van der Waals surface area contributed by atoms with Crippen molar-refractivity contribution in [2.24, 2.45) is 0 Å². The number of rotatable bonds is 3. The largest absolute Gasteiger partial charge is 0.309 e. The van der Waals surface area contributed by atoms with Gasteiger partial charge in [-0.25, -0.2) is 9.97 Å². The maximum absolute atomic E-state index is 5.43. The van der Waals surface area contributed by atoms with Crippen LogP contribution in [0.5, 0.6) is 0 Å². The molecule has 0 N–H and O–H groups in total. The van der Waals surface area contributed by atoms with Gasteiger partial charge in [-0.1, -0.05) is 176 Å². The van der Waals surface area contributed by atoms with Crippen LogP contribution in [0.15, 0.2) is 204 Å². The second kappa shape index (κ2) is 11.9. The van der Waals surface area contributed by atoms with Crippen molar-refractivity contribution in [3.05, 3.63) is 216 Å². The van der Waals surface area contributed by atoms with Crippen molar-refractivity contribution in [3.8, 4) is 34.2 Å². The summed E-state index contributed by atoms with van der Waals surface area (Å²) >= 11 is 1.88. The molecule has 1 atom stereocenters. The third kappa shape index (κ3) is 4.15. The number of nitrogens with zero attached hydrogens (tertiary/aromatic N) is 4. The van der Waals surface area contributed by atoms with Gasteiger partial charge in [-0.05, 0) is 46.5 Å². The van der Waals surface area contributed by atoms with E-state index in [9.17, 15) is 0 Å². The molecule has 0 fully saturated rings. The van der Waals surface area contributed by atoms with Crippen molar-refractivity contribution < 1.29 is 0 Å². The van der Waals surface area contributed by atoms with Crippen molar-refractivity contribution in [1.82, 2.24) is 19.1 Å². The van der Waals surface area contributed by atoms with Gasteiger partial charge < -0.3 is 4.57 Å². The summed E-state index contributed by atoms with van der Waals surface area (Å²) in [5, 5.41) is 4.94. The highest BCUT2D eigenvalue weighted by Crippen LogP contribution is 2.62. The summed E-state index contributed by atoms with van der Waals surface area (Å²) in [6.45, 7) is 0. The fourth-order valence-electron chi connectivity index (χ4n) is 10.1. The number of hydrogen-bond acceptors (Lipinski definition) is 3. The summed E-state index contributed by atoms with van der Waals surface area (Å²) in [7, 11) is 0. The van der Waals surface area contributed by atoms with E-state index >= 15 is 0 Å². The third-order valence-corrected chi connectivity index (χ3v) is 13.6. The fraction of sp³-hybridized carbons (Fsp3) is 0.0189. The van der Waals surface area contributed by atoms with Crippen molar-refractivity contribution in [1.29, 1.82) is 0 Å². The Morgan fingerprint density at radius 1 is 0.414 bits per heavy atom. The summed E-state index contributed by atoms with van der Waals surface area (Å²) in [5.41, 5.74) is 13.5. The van der Waals surface area contributed by atoms with Crippen molar-refractivity contribution >= 4 is 55.4 Å². The van der Waals surface area contributed by atoms with Crippen LogP contribution in [-0.4, -0.2) is 19.1 Å². The molecule has 0 bridgehead atoms. The van der Waals surface area contributed by atoms with Gasteiger partial charge in [-0.15, -0.1) is 0 Å². The van der Waals surface area contributed by atoms with Gasteiger partial charge >= 0.3 is 0 Å². The Hall–Kier alpha value is -7.21. The second-order valence-corrected chi connectivity index (χ2v) is 16.3. The molecule has 0 aliphatic carbocycles. The molecule has 2 aliphatic rings. The van der Waals surface area contributed by atoms with E-state index in [0.717, 1.165) is 33.7 Å². The van der Waals surface area contributed by atoms with Gasteiger partial charge in [0.1, 0.15) is 5.82 Å². The van der Waals surface area contributed by atoms with E-state index in [4.69, 9.17) is 9.97 Å². The van der Waals surface area contributed by atoms with Crippen LogP contribution in [0, 0.1) is 0 Å². The number of hydrogen-bond donors (Lipinski definition) is 0. The molecule has 270 valence electrons. The van der Waals surface area contributed by atoms with Crippen molar-refractivity contribution in [2.75, 3.05) is 0 Å². The summed E-state index contributed by atoms with van der Waals surface area (Å²) in [6, 6.07) is 70.5. The lowest BCUT2D eigenvalue weighted by Gasteiger charge is -2.45. The SMILES string of the molecule is c1ccc(-c2cc(-n3c4ccccc4c4ccc5c(c43)Sc3ccccc3C53c4ccccc4-n4c5ccccc5c5cccc3c54)nc(-c3ccccc3)n2)cc1. The lowest BCUT2D eigenvalue weighted by Crippen LogP contribution is -2.37. The highest BCUT2D eigenvalue weighted by Gasteiger charge is 2.50. The number of benzene rings is 8. The quantitative estimate of drug-likeness (QED) is 0.180. The summed E-state index contributed by atoms with van der Waals surface area (Å²) in [6.07, 6.45) is 0. The molecule has 5 heteroatoms. The van der Waals surface area contributed by atoms with Gasteiger partial charge in [0.25, 0.3) is 0 Å². The van der Waals surface area contributed by atoms with Crippen LogP contribution in [0.25, 0.3) is 77.8 Å². The first-order chi connectivity index (χ1) is 28.8. The number of fused-ring (bicyclic) bond motifs is 15. The predicted molar refractivity (Wildman–Crippen MR) is 238 cm³/mol. The zero-order valence-electron chi connectivity index (χ0n) is 31.2. The summed E-state index contributed by atoms with van der Waals surface area (Å²) in [5.74, 6) is 1.54. The standard InChI is InChI=1S/C53H32N4S/c1-3-16-33(17-4-1)43-32-48(55-52(54-43)34-18-5-2-6-19-34)57-45-27-12-8-21-36(45)38-30-31-42-51(50(38)57)58-47-29-14-10-24-40(47)53(42)39-23-9-13-28-46(39)56-44-26-11-7-20-35(44)37-22-15-25-41(53)49(37)56/h1-32H. The number of para-hydroxylation sites is 4. The molecule has 3 aromatic heterocycles. The Morgan fingerprint density at radius 2 is 1.02 bits per heavy atom. The van der Waals surface area contributed by atoms with E-state index in [2.05, 4.69) is 197 Å². The molecule has 58 heavy (non-hydrogen) atoms. The zero-order valence-corrected chi connectivity index (χ0v) is 32.0. The van der Waals surface area contributed by atoms with E-state index < -0.39 is 5.41 Å². The Bertz CT molecular complexity index is 3430. The van der Waals surface area contributed by atoms with Crippen LogP contribution >= 0.6 is 11.8 Å². The molecular weight excluding hydrogens is 725 g/mol. The smallest absolute Gasteiger partial charge is 0.162 e. The molecule has 0 saturated carbocycles. The molecule has 13 rings (SSSR count). The van der Waals surface area contributed by atoms with Gasteiger partial charge in [0.05, 0.1) is 38.9 Å². The minimum Gasteiger partial charge on any atom is -0.309 e. The van der Waals surface area contributed by atoms with Gasteiger partial charge in [-0.2, -0.15) is 0 Å². The average Bonchev–Trinajstić information content (AvgIpc) is 3.82. The monoisotopic (exact) mass is 756 g/mol. The minimum atomic E-state index is -0.594. The summed E-state index contributed by atoms with van der Waals surface area (Å²) < 4.78 is 4.92. The van der Waals surface area contributed by atoms with E-state index in [1.54, 1.807) is 0 Å². The third-order valence-electron chi connectivity index (χ3n) is 12.4. The van der Waals surface area contributed by atoms with Crippen LogP contribution < -0.4 is 0 Å². The topological polar surface area (TPSA) is 35.6 Å². The Labute approximate surface area is 338 Å². The average molecular weight is 757 g/mol. The van der Waals surface area contributed by atoms with E-state index in [0.29, 0.717) is 5.82 Å². The molecule has 0 radical (unpaired) electrons.